The number of aryl methyl sites for hydroxylation is 1. The lowest BCUT2D eigenvalue weighted by Gasteiger charge is -2.06. The quantitative estimate of drug-likeness (QED) is 0.753. The molecule has 0 aliphatic rings. The molecule has 0 aliphatic heterocycles. The highest BCUT2D eigenvalue weighted by Gasteiger charge is 2.14. The third-order valence-corrected chi connectivity index (χ3v) is 3.50. The number of carbonyl (C=O) groups excluding carboxylic acids is 1. The van der Waals surface area contributed by atoms with Gasteiger partial charge in [0.25, 0.3) is 0 Å². The van der Waals surface area contributed by atoms with Crippen molar-refractivity contribution in [3.05, 3.63) is 64.6 Å². The Kier molecular flexibility index (Phi) is 3.73. The predicted molar refractivity (Wildman–Crippen MR) is 82.2 cm³/mol. The van der Waals surface area contributed by atoms with Crippen LogP contribution in [0.5, 0.6) is 5.75 Å². The summed E-state index contributed by atoms with van der Waals surface area (Å²) >= 11 is 5.91. The third kappa shape index (κ3) is 2.76. The van der Waals surface area contributed by atoms with Crippen LogP contribution in [0.1, 0.15) is 21.6 Å². The van der Waals surface area contributed by atoms with E-state index in [9.17, 15) is 9.90 Å². The lowest BCUT2D eigenvalue weighted by Crippen LogP contribution is -2.06. The zero-order valence-corrected chi connectivity index (χ0v) is 12.5. The van der Waals surface area contributed by atoms with Gasteiger partial charge in [0.15, 0.2) is 0 Å². The van der Waals surface area contributed by atoms with Gasteiger partial charge in [-0.25, -0.2) is 9.78 Å². The molecule has 2 heterocycles. The molecule has 1 N–H and O–H groups in total. The standard InChI is InChI=1S/C16H13ClN2O3/c1-10-3-2-4-13(15(10)20)16(21)22-9-12-8-19-7-11(17)5-6-14(19)18-12/h2-8,20H,9H2,1H3. The van der Waals surface area contributed by atoms with E-state index in [-0.39, 0.29) is 17.9 Å². The molecule has 0 radical (unpaired) electrons. The van der Waals surface area contributed by atoms with Crippen molar-refractivity contribution in [3.63, 3.8) is 0 Å². The van der Waals surface area contributed by atoms with E-state index in [1.165, 1.54) is 6.07 Å². The molecule has 2 aromatic heterocycles. The van der Waals surface area contributed by atoms with E-state index in [0.29, 0.717) is 21.9 Å². The van der Waals surface area contributed by atoms with Gasteiger partial charge in [-0.05, 0) is 30.7 Å². The first kappa shape index (κ1) is 14.4. The van der Waals surface area contributed by atoms with Crippen LogP contribution in [0.4, 0.5) is 0 Å². The van der Waals surface area contributed by atoms with Crippen LogP contribution in [-0.4, -0.2) is 20.5 Å². The smallest absolute Gasteiger partial charge is 0.342 e. The molecule has 3 aromatic rings. The normalized spacial score (nSPS) is 10.8. The molecule has 3 rings (SSSR count). The zero-order chi connectivity index (χ0) is 15.7. The van der Waals surface area contributed by atoms with Gasteiger partial charge in [-0.2, -0.15) is 0 Å². The van der Waals surface area contributed by atoms with E-state index in [2.05, 4.69) is 4.98 Å². The van der Waals surface area contributed by atoms with Crippen LogP contribution in [0.15, 0.2) is 42.7 Å². The molecule has 6 heteroatoms. The number of aromatic hydroxyl groups is 1. The van der Waals surface area contributed by atoms with E-state index in [1.807, 2.05) is 0 Å². The topological polar surface area (TPSA) is 63.8 Å². The maximum Gasteiger partial charge on any atom is 0.342 e. The van der Waals surface area contributed by atoms with Crippen LogP contribution in [0.25, 0.3) is 5.65 Å². The number of halogens is 1. The third-order valence-electron chi connectivity index (χ3n) is 3.27. The number of esters is 1. The van der Waals surface area contributed by atoms with Gasteiger partial charge < -0.3 is 14.2 Å². The first-order valence-corrected chi connectivity index (χ1v) is 7.01. The summed E-state index contributed by atoms with van der Waals surface area (Å²) in [5, 5.41) is 10.5. The van der Waals surface area contributed by atoms with Gasteiger partial charge in [0.1, 0.15) is 23.6 Å². The number of benzene rings is 1. The predicted octanol–water partition coefficient (Wildman–Crippen LogP) is 3.36. The summed E-state index contributed by atoms with van der Waals surface area (Å²) < 4.78 is 6.96. The molecule has 1 aromatic carbocycles. The molecule has 0 aliphatic carbocycles. The lowest BCUT2D eigenvalue weighted by atomic mass is 10.1. The summed E-state index contributed by atoms with van der Waals surface area (Å²) in [5.74, 6) is -0.648. The molecule has 0 spiro atoms. The molecular weight excluding hydrogens is 304 g/mol. The number of phenols is 1. The van der Waals surface area contributed by atoms with Crippen LogP contribution in [0.3, 0.4) is 0 Å². The molecule has 112 valence electrons. The number of ether oxygens (including phenoxy) is 1. The number of nitrogens with zero attached hydrogens (tertiary/aromatic N) is 2. The molecule has 0 atom stereocenters. The van der Waals surface area contributed by atoms with Gasteiger partial charge in [0, 0.05) is 12.4 Å². The fourth-order valence-corrected chi connectivity index (χ4v) is 2.30. The maximum atomic E-state index is 12.0. The number of pyridine rings is 1. The van der Waals surface area contributed by atoms with Crippen molar-refractivity contribution >= 4 is 23.2 Å². The molecule has 0 fully saturated rings. The van der Waals surface area contributed by atoms with Crippen molar-refractivity contribution in [2.24, 2.45) is 0 Å². The van der Waals surface area contributed by atoms with Gasteiger partial charge >= 0.3 is 5.97 Å². The highest BCUT2D eigenvalue weighted by Crippen LogP contribution is 2.22. The molecule has 0 unspecified atom stereocenters. The van der Waals surface area contributed by atoms with Crippen molar-refractivity contribution in [2.75, 3.05) is 0 Å². The van der Waals surface area contributed by atoms with E-state index >= 15 is 0 Å². The number of imidazole rings is 1. The maximum absolute atomic E-state index is 12.0. The molecule has 22 heavy (non-hydrogen) atoms. The van der Waals surface area contributed by atoms with E-state index in [4.69, 9.17) is 16.3 Å². The Hall–Kier alpha value is -2.53. The highest BCUT2D eigenvalue weighted by molar-refractivity contribution is 6.30. The highest BCUT2D eigenvalue weighted by atomic mass is 35.5. The molecule has 0 saturated heterocycles. The van der Waals surface area contributed by atoms with Crippen LogP contribution in [-0.2, 0) is 11.3 Å². The second-order valence-electron chi connectivity index (χ2n) is 4.89. The van der Waals surface area contributed by atoms with Gasteiger partial charge in [-0.3, -0.25) is 0 Å². The Morgan fingerprint density at radius 1 is 1.32 bits per heavy atom. The first-order chi connectivity index (χ1) is 10.5. The van der Waals surface area contributed by atoms with Crippen molar-refractivity contribution in [1.82, 2.24) is 9.38 Å². The van der Waals surface area contributed by atoms with Crippen LogP contribution < -0.4 is 0 Å². The Balaban J connectivity index is 1.76. The number of hydrogen-bond acceptors (Lipinski definition) is 4. The van der Waals surface area contributed by atoms with Gasteiger partial charge in [0.05, 0.1) is 10.7 Å². The van der Waals surface area contributed by atoms with E-state index in [1.54, 1.807) is 48.0 Å². The number of aromatic nitrogens is 2. The van der Waals surface area contributed by atoms with Crippen molar-refractivity contribution < 1.29 is 14.6 Å². The molecule has 0 amide bonds. The Labute approximate surface area is 131 Å². The summed E-state index contributed by atoms with van der Waals surface area (Å²) in [4.78, 5) is 16.3. The van der Waals surface area contributed by atoms with Crippen molar-refractivity contribution in [2.45, 2.75) is 13.5 Å². The van der Waals surface area contributed by atoms with Crippen LogP contribution in [0.2, 0.25) is 5.02 Å². The van der Waals surface area contributed by atoms with E-state index < -0.39 is 5.97 Å². The summed E-state index contributed by atoms with van der Waals surface area (Å²) in [6.45, 7) is 1.74. The SMILES string of the molecule is Cc1cccc(C(=O)OCc2cn3cc(Cl)ccc3n2)c1O. The van der Waals surface area contributed by atoms with Crippen LogP contribution >= 0.6 is 11.6 Å². The molecule has 5 nitrogen and oxygen atoms in total. The summed E-state index contributed by atoms with van der Waals surface area (Å²) in [6.07, 6.45) is 3.46. The second-order valence-corrected chi connectivity index (χ2v) is 5.33. The lowest BCUT2D eigenvalue weighted by molar-refractivity contribution is 0.0465. The second kappa shape index (κ2) is 5.69. The average Bonchev–Trinajstić information content (AvgIpc) is 2.89. The monoisotopic (exact) mass is 316 g/mol. The van der Waals surface area contributed by atoms with Crippen LogP contribution in [0, 0.1) is 6.92 Å². The Bertz CT molecular complexity index is 858. The Morgan fingerprint density at radius 3 is 2.95 bits per heavy atom. The number of fused-ring (bicyclic) bond motifs is 1. The minimum absolute atomic E-state index is 0.0194. The number of rotatable bonds is 3. The van der Waals surface area contributed by atoms with Gasteiger partial charge in [-0.15, -0.1) is 0 Å². The number of phenolic OH excluding ortho intramolecular Hbond substituents is 1. The number of hydrogen-bond donors (Lipinski definition) is 1. The number of carbonyl (C=O) groups is 1. The Morgan fingerprint density at radius 2 is 2.14 bits per heavy atom. The summed E-state index contributed by atoms with van der Waals surface area (Å²) in [6, 6.07) is 8.45. The molecule has 0 bridgehead atoms. The van der Waals surface area contributed by atoms with Gasteiger partial charge in [0.2, 0.25) is 0 Å². The molecular formula is C16H13ClN2O3. The minimum Gasteiger partial charge on any atom is -0.507 e. The minimum atomic E-state index is -0.587. The largest absolute Gasteiger partial charge is 0.507 e. The fraction of sp³-hybridized carbons (Fsp3) is 0.125. The average molecular weight is 317 g/mol. The van der Waals surface area contributed by atoms with E-state index in [0.717, 1.165) is 0 Å². The van der Waals surface area contributed by atoms with Crippen molar-refractivity contribution in [3.8, 4) is 5.75 Å². The summed E-state index contributed by atoms with van der Waals surface area (Å²) in [5.41, 5.74) is 2.08. The van der Waals surface area contributed by atoms with Gasteiger partial charge in [-0.1, -0.05) is 23.7 Å². The first-order valence-electron chi connectivity index (χ1n) is 6.63. The van der Waals surface area contributed by atoms with Crippen molar-refractivity contribution in [1.29, 1.82) is 0 Å². The molecule has 0 saturated carbocycles. The number of para-hydroxylation sites is 1. The summed E-state index contributed by atoms with van der Waals surface area (Å²) in [7, 11) is 0. The fourth-order valence-electron chi connectivity index (χ4n) is 2.13. The zero-order valence-electron chi connectivity index (χ0n) is 11.8.